The van der Waals surface area contributed by atoms with E-state index in [2.05, 4.69) is 61.3 Å². The largest absolute Gasteiger partial charge is 0.329 e. The van der Waals surface area contributed by atoms with Gasteiger partial charge in [0.05, 0.1) is 0 Å². The number of pyridine rings is 1. The van der Waals surface area contributed by atoms with Crippen LogP contribution in [0.25, 0.3) is 16.7 Å². The number of aromatic nitrogens is 1. The van der Waals surface area contributed by atoms with Crippen LogP contribution in [0, 0.1) is 5.92 Å². The Morgan fingerprint density at radius 2 is 1.63 bits per heavy atom. The molecule has 2 nitrogen and oxygen atoms in total. The first-order chi connectivity index (χ1) is 13.1. The summed E-state index contributed by atoms with van der Waals surface area (Å²) in [4.78, 5) is 12.7. The van der Waals surface area contributed by atoms with E-state index >= 15 is 0 Å². The van der Waals surface area contributed by atoms with Crippen LogP contribution in [0.1, 0.15) is 36.1 Å². The van der Waals surface area contributed by atoms with Gasteiger partial charge in [-0.1, -0.05) is 55.5 Å². The van der Waals surface area contributed by atoms with Crippen molar-refractivity contribution < 1.29 is 0 Å². The van der Waals surface area contributed by atoms with Gasteiger partial charge < -0.3 is 4.98 Å². The van der Waals surface area contributed by atoms with E-state index in [1.807, 2.05) is 0 Å². The maximum Gasteiger partial charge on any atom is 0.247 e. The number of fused-ring (bicyclic) bond motifs is 5. The van der Waals surface area contributed by atoms with Crippen LogP contribution in [0.15, 0.2) is 71.7 Å². The molecular formula is C25H25NO. The van der Waals surface area contributed by atoms with Crippen LogP contribution in [0.3, 0.4) is 0 Å². The number of benzene rings is 2. The number of nitrogens with one attached hydrogen (secondary N) is 1. The van der Waals surface area contributed by atoms with Crippen molar-refractivity contribution in [3.63, 3.8) is 0 Å². The Balaban J connectivity index is 0.000000218. The average molecular weight is 355 g/mol. The van der Waals surface area contributed by atoms with Crippen LogP contribution in [0.5, 0.6) is 0 Å². The molecule has 136 valence electrons. The molecule has 0 amide bonds. The standard InChI is InChI=1S/C20H20.C5H5NO/c1-13-11-14(2)16-9-10-18-17-6-4-3-5-15(17)7-8-19(18)20(16)12-13;7-5-3-1-2-4-6-5/h3-6,9-11,13H,7-8,12H2,1-2H3;1-4H,(H,6,7). The SMILES string of the molecule is CC1=CC(C)Cc2c1ccc1c2CCc2ccccc2-1.O=c1cccc[nH]1. The maximum absolute atomic E-state index is 10.2. The highest BCUT2D eigenvalue weighted by Gasteiger charge is 2.23. The van der Waals surface area contributed by atoms with Crippen LogP contribution < -0.4 is 5.56 Å². The lowest BCUT2D eigenvalue weighted by Crippen LogP contribution is -2.14. The lowest BCUT2D eigenvalue weighted by atomic mass is 9.76. The van der Waals surface area contributed by atoms with Gasteiger partial charge in [-0.15, -0.1) is 0 Å². The summed E-state index contributed by atoms with van der Waals surface area (Å²) in [6.45, 7) is 4.60. The van der Waals surface area contributed by atoms with Crippen LogP contribution in [0.4, 0.5) is 0 Å². The third-order valence-corrected chi connectivity index (χ3v) is 5.55. The van der Waals surface area contributed by atoms with Gasteiger partial charge in [0.15, 0.2) is 0 Å². The van der Waals surface area contributed by atoms with Gasteiger partial charge in [-0.2, -0.15) is 0 Å². The van der Waals surface area contributed by atoms with Crippen molar-refractivity contribution in [1.82, 2.24) is 4.98 Å². The van der Waals surface area contributed by atoms with Crippen LogP contribution in [0.2, 0.25) is 0 Å². The zero-order valence-electron chi connectivity index (χ0n) is 16.0. The molecule has 1 atom stereocenters. The number of allylic oxidation sites excluding steroid dienone is 2. The molecule has 2 aromatic carbocycles. The summed E-state index contributed by atoms with van der Waals surface area (Å²) < 4.78 is 0. The molecule has 0 saturated carbocycles. The Bertz CT molecular complexity index is 1040. The monoisotopic (exact) mass is 355 g/mol. The van der Waals surface area contributed by atoms with Gasteiger partial charge >= 0.3 is 0 Å². The van der Waals surface area contributed by atoms with Crippen LogP contribution in [-0.2, 0) is 19.3 Å². The minimum absolute atomic E-state index is 0.0532. The Morgan fingerprint density at radius 1 is 0.852 bits per heavy atom. The fourth-order valence-electron chi connectivity index (χ4n) is 4.37. The van der Waals surface area contributed by atoms with Crippen molar-refractivity contribution in [3.8, 4) is 11.1 Å². The molecule has 1 N–H and O–H groups in total. The van der Waals surface area contributed by atoms with Crippen molar-refractivity contribution in [2.75, 3.05) is 0 Å². The molecule has 0 bridgehead atoms. The van der Waals surface area contributed by atoms with Crippen molar-refractivity contribution in [2.24, 2.45) is 5.92 Å². The first kappa shape index (κ1) is 17.5. The lowest BCUT2D eigenvalue weighted by molar-refractivity contribution is 0.702. The first-order valence-corrected chi connectivity index (χ1v) is 9.69. The number of aromatic amines is 1. The second-order valence-electron chi connectivity index (χ2n) is 7.53. The summed E-state index contributed by atoms with van der Waals surface area (Å²) >= 11 is 0. The van der Waals surface area contributed by atoms with E-state index in [0.29, 0.717) is 5.92 Å². The van der Waals surface area contributed by atoms with Crippen molar-refractivity contribution >= 4 is 5.57 Å². The molecule has 1 unspecified atom stereocenters. The zero-order valence-corrected chi connectivity index (χ0v) is 16.0. The Labute approximate surface area is 160 Å². The number of aryl methyl sites for hydroxylation is 1. The molecule has 0 radical (unpaired) electrons. The Kier molecular flexibility index (Phi) is 4.81. The summed E-state index contributed by atoms with van der Waals surface area (Å²) in [5.41, 5.74) is 10.6. The van der Waals surface area contributed by atoms with E-state index in [-0.39, 0.29) is 5.56 Å². The summed E-state index contributed by atoms with van der Waals surface area (Å²) in [6.07, 6.45) is 7.62. The zero-order chi connectivity index (χ0) is 18.8. The van der Waals surface area contributed by atoms with E-state index in [1.54, 1.807) is 29.5 Å². The van der Waals surface area contributed by atoms with Gasteiger partial charge in [0.2, 0.25) is 5.56 Å². The molecule has 0 fully saturated rings. The van der Waals surface area contributed by atoms with Crippen LogP contribution in [-0.4, -0.2) is 4.98 Å². The molecule has 2 heteroatoms. The van der Waals surface area contributed by atoms with E-state index < -0.39 is 0 Å². The quantitative estimate of drug-likeness (QED) is 0.573. The van der Waals surface area contributed by atoms with E-state index in [9.17, 15) is 4.79 Å². The molecule has 2 aliphatic rings. The molecule has 0 aliphatic heterocycles. The van der Waals surface area contributed by atoms with E-state index in [1.165, 1.54) is 53.2 Å². The molecule has 0 spiro atoms. The van der Waals surface area contributed by atoms with E-state index in [4.69, 9.17) is 0 Å². The first-order valence-electron chi connectivity index (χ1n) is 9.69. The second kappa shape index (κ2) is 7.40. The third-order valence-electron chi connectivity index (χ3n) is 5.55. The smallest absolute Gasteiger partial charge is 0.247 e. The van der Waals surface area contributed by atoms with Crippen LogP contribution >= 0.6 is 0 Å². The maximum atomic E-state index is 10.2. The van der Waals surface area contributed by atoms with Gasteiger partial charge in [0.1, 0.15) is 0 Å². The molecule has 0 saturated heterocycles. The lowest BCUT2D eigenvalue weighted by Gasteiger charge is -2.28. The second-order valence-corrected chi connectivity index (χ2v) is 7.53. The number of rotatable bonds is 0. The molecule has 1 aromatic heterocycles. The number of hydrogen-bond acceptors (Lipinski definition) is 1. The van der Waals surface area contributed by atoms with Gasteiger partial charge in [0.25, 0.3) is 0 Å². The fourth-order valence-corrected chi connectivity index (χ4v) is 4.37. The van der Waals surface area contributed by atoms with Gasteiger partial charge in [0, 0.05) is 12.3 Å². The predicted molar refractivity (Wildman–Crippen MR) is 113 cm³/mol. The minimum atomic E-state index is -0.0532. The van der Waals surface area contributed by atoms with Gasteiger partial charge in [-0.3, -0.25) is 4.79 Å². The predicted octanol–water partition coefficient (Wildman–Crippen LogP) is 5.42. The molecule has 1 heterocycles. The third kappa shape index (κ3) is 3.52. The highest BCUT2D eigenvalue weighted by molar-refractivity contribution is 5.80. The van der Waals surface area contributed by atoms with Gasteiger partial charge in [-0.05, 0) is 77.1 Å². The molecule has 27 heavy (non-hydrogen) atoms. The number of hydrogen-bond donors (Lipinski definition) is 1. The normalized spacial score (nSPS) is 16.8. The average Bonchev–Trinajstić information content (AvgIpc) is 2.68. The molecule has 3 aromatic rings. The summed E-state index contributed by atoms with van der Waals surface area (Å²) in [6, 6.07) is 18.5. The molecular weight excluding hydrogens is 330 g/mol. The van der Waals surface area contributed by atoms with E-state index in [0.717, 1.165) is 0 Å². The molecule has 5 rings (SSSR count). The topological polar surface area (TPSA) is 32.9 Å². The van der Waals surface area contributed by atoms with Gasteiger partial charge in [-0.25, -0.2) is 0 Å². The summed E-state index contributed by atoms with van der Waals surface area (Å²) in [5.74, 6) is 0.672. The van der Waals surface area contributed by atoms with Crippen molar-refractivity contribution in [1.29, 1.82) is 0 Å². The summed E-state index contributed by atoms with van der Waals surface area (Å²) in [7, 11) is 0. The highest BCUT2D eigenvalue weighted by Crippen LogP contribution is 2.40. The minimum Gasteiger partial charge on any atom is -0.329 e. The highest BCUT2D eigenvalue weighted by atomic mass is 16.1. The summed E-state index contributed by atoms with van der Waals surface area (Å²) in [5, 5.41) is 0. The van der Waals surface area contributed by atoms with Crippen molar-refractivity contribution in [3.05, 3.63) is 99.5 Å². The Hall–Kier alpha value is -2.87. The Morgan fingerprint density at radius 3 is 2.37 bits per heavy atom. The molecule has 2 aliphatic carbocycles. The van der Waals surface area contributed by atoms with Crippen molar-refractivity contribution in [2.45, 2.75) is 33.1 Å². The number of H-pyrrole nitrogens is 1. The fraction of sp³-hybridized carbons (Fsp3) is 0.240.